The smallest absolute Gasteiger partial charge is 0.407 e. The Hall–Kier alpha value is -1.62. The summed E-state index contributed by atoms with van der Waals surface area (Å²) < 4.78 is 12.9. The van der Waals surface area contributed by atoms with E-state index in [1.165, 1.54) is 17.0 Å². The molecule has 2 N–H and O–H groups in total. The molecule has 18 heavy (non-hydrogen) atoms. The van der Waals surface area contributed by atoms with E-state index >= 15 is 0 Å². The Balaban J connectivity index is 2.14. The summed E-state index contributed by atoms with van der Waals surface area (Å²) in [6.07, 6.45) is -0.297. The summed E-state index contributed by atoms with van der Waals surface area (Å²) in [5, 5.41) is 18.3. The van der Waals surface area contributed by atoms with Crippen LogP contribution in [-0.2, 0) is 0 Å². The number of carboxylic acid groups (broad SMARTS) is 1. The van der Waals surface area contributed by atoms with Crippen LogP contribution in [0.3, 0.4) is 0 Å². The van der Waals surface area contributed by atoms with E-state index in [4.69, 9.17) is 5.11 Å². The van der Waals surface area contributed by atoms with Gasteiger partial charge in [-0.15, -0.1) is 0 Å². The number of nitrogens with zero attached hydrogens (tertiary/aromatic N) is 1. The molecule has 0 aromatic heterocycles. The zero-order valence-corrected chi connectivity index (χ0v) is 9.92. The summed E-state index contributed by atoms with van der Waals surface area (Å²) in [6, 6.07) is 6.21. The molecule has 5 heteroatoms. The molecule has 0 saturated carbocycles. The van der Waals surface area contributed by atoms with E-state index in [1.54, 1.807) is 12.1 Å². The van der Waals surface area contributed by atoms with Gasteiger partial charge in [0.05, 0.1) is 0 Å². The number of amides is 1. The van der Waals surface area contributed by atoms with Gasteiger partial charge in [-0.05, 0) is 30.0 Å². The highest BCUT2D eigenvalue weighted by atomic mass is 19.1. The molecule has 0 aliphatic carbocycles. The van der Waals surface area contributed by atoms with Crippen LogP contribution in [-0.4, -0.2) is 40.9 Å². The van der Waals surface area contributed by atoms with Gasteiger partial charge in [-0.3, -0.25) is 0 Å². The predicted octanol–water partition coefficient (Wildman–Crippen LogP) is 1.90. The van der Waals surface area contributed by atoms with E-state index in [9.17, 15) is 14.3 Å². The van der Waals surface area contributed by atoms with Crippen LogP contribution in [0.5, 0.6) is 0 Å². The molecule has 4 nitrogen and oxygen atoms in total. The number of hydrogen-bond donors (Lipinski definition) is 2. The van der Waals surface area contributed by atoms with Crippen LogP contribution in [0.2, 0.25) is 0 Å². The molecule has 2 rings (SSSR count). The molecule has 0 bridgehead atoms. The summed E-state index contributed by atoms with van der Waals surface area (Å²) in [6.45, 7) is 0.716. The van der Waals surface area contributed by atoms with Crippen LogP contribution < -0.4 is 0 Å². The molecule has 98 valence electrons. The third-order valence-electron chi connectivity index (χ3n) is 3.54. The maximum atomic E-state index is 12.9. The van der Waals surface area contributed by atoms with Crippen LogP contribution >= 0.6 is 0 Å². The second kappa shape index (κ2) is 5.35. The second-order valence-corrected chi connectivity index (χ2v) is 4.62. The van der Waals surface area contributed by atoms with Crippen LogP contribution in [0.25, 0.3) is 0 Å². The maximum absolute atomic E-state index is 12.9. The molecule has 1 fully saturated rings. The Bertz CT molecular complexity index is 421. The SMILES string of the molecule is O=C(O)N1CC[C@@H](c2ccc(F)cc2)[C@H](CO)C1. The van der Waals surface area contributed by atoms with Gasteiger partial charge in [-0.1, -0.05) is 12.1 Å². The lowest BCUT2D eigenvalue weighted by atomic mass is 9.81. The summed E-state index contributed by atoms with van der Waals surface area (Å²) >= 11 is 0. The number of rotatable bonds is 2. The Morgan fingerprint density at radius 1 is 1.39 bits per heavy atom. The van der Waals surface area contributed by atoms with Crippen LogP contribution in [0.1, 0.15) is 17.9 Å². The average molecular weight is 253 g/mol. The molecular formula is C13H16FNO3. The molecule has 2 atom stereocenters. The minimum Gasteiger partial charge on any atom is -0.465 e. The number of carbonyl (C=O) groups is 1. The lowest BCUT2D eigenvalue weighted by Gasteiger charge is -2.36. The van der Waals surface area contributed by atoms with Crippen molar-refractivity contribution in [3.63, 3.8) is 0 Å². The van der Waals surface area contributed by atoms with Gasteiger partial charge < -0.3 is 15.1 Å². The highest BCUT2D eigenvalue weighted by Gasteiger charge is 2.31. The molecular weight excluding hydrogens is 237 g/mol. The van der Waals surface area contributed by atoms with Crippen molar-refractivity contribution in [2.24, 2.45) is 5.92 Å². The van der Waals surface area contributed by atoms with Crippen LogP contribution in [0, 0.1) is 11.7 Å². The topological polar surface area (TPSA) is 60.8 Å². The van der Waals surface area contributed by atoms with Gasteiger partial charge >= 0.3 is 6.09 Å². The Kier molecular flexibility index (Phi) is 3.81. The largest absolute Gasteiger partial charge is 0.465 e. The molecule has 0 unspecified atom stereocenters. The van der Waals surface area contributed by atoms with E-state index in [0.29, 0.717) is 19.5 Å². The molecule has 1 aromatic rings. The average Bonchev–Trinajstić information content (AvgIpc) is 2.39. The zero-order valence-electron chi connectivity index (χ0n) is 9.92. The number of aliphatic hydroxyl groups is 1. The van der Waals surface area contributed by atoms with Crippen molar-refractivity contribution in [1.82, 2.24) is 4.90 Å². The first-order valence-corrected chi connectivity index (χ1v) is 5.96. The Morgan fingerprint density at radius 3 is 2.61 bits per heavy atom. The number of benzene rings is 1. The molecule has 1 amide bonds. The lowest BCUT2D eigenvalue weighted by molar-refractivity contribution is 0.0886. The van der Waals surface area contributed by atoms with Crippen molar-refractivity contribution in [2.75, 3.05) is 19.7 Å². The monoisotopic (exact) mass is 253 g/mol. The number of halogens is 1. The molecule has 1 aromatic carbocycles. The number of piperidine rings is 1. The van der Waals surface area contributed by atoms with Crippen molar-refractivity contribution in [1.29, 1.82) is 0 Å². The Labute approximate surface area is 105 Å². The van der Waals surface area contributed by atoms with Gasteiger partial charge in [0.25, 0.3) is 0 Å². The van der Waals surface area contributed by atoms with Gasteiger partial charge in [0, 0.05) is 25.6 Å². The second-order valence-electron chi connectivity index (χ2n) is 4.62. The molecule has 1 aliphatic rings. The highest BCUT2D eigenvalue weighted by Crippen LogP contribution is 2.32. The predicted molar refractivity (Wildman–Crippen MR) is 63.9 cm³/mol. The van der Waals surface area contributed by atoms with Crippen molar-refractivity contribution in [2.45, 2.75) is 12.3 Å². The summed E-state index contributed by atoms with van der Waals surface area (Å²) in [5.41, 5.74) is 0.959. The van der Waals surface area contributed by atoms with Crippen LogP contribution in [0.15, 0.2) is 24.3 Å². The minimum absolute atomic E-state index is 0.0637. The fraction of sp³-hybridized carbons (Fsp3) is 0.462. The molecule has 1 heterocycles. The van der Waals surface area contributed by atoms with Gasteiger partial charge in [-0.25, -0.2) is 9.18 Å². The number of aliphatic hydroxyl groups excluding tert-OH is 1. The zero-order chi connectivity index (χ0) is 13.1. The fourth-order valence-electron chi connectivity index (χ4n) is 2.54. The number of likely N-dealkylation sites (tertiary alicyclic amines) is 1. The summed E-state index contributed by atoms with van der Waals surface area (Å²) in [5.74, 6) is -0.325. The normalized spacial score (nSPS) is 24.0. The molecule has 0 spiro atoms. The fourth-order valence-corrected chi connectivity index (χ4v) is 2.54. The van der Waals surface area contributed by atoms with E-state index in [-0.39, 0.29) is 24.3 Å². The van der Waals surface area contributed by atoms with Gasteiger partial charge in [0.2, 0.25) is 0 Å². The van der Waals surface area contributed by atoms with E-state index in [0.717, 1.165) is 5.56 Å². The minimum atomic E-state index is -0.953. The van der Waals surface area contributed by atoms with Crippen molar-refractivity contribution in [3.05, 3.63) is 35.6 Å². The van der Waals surface area contributed by atoms with Gasteiger partial charge in [-0.2, -0.15) is 0 Å². The molecule has 0 radical (unpaired) electrons. The maximum Gasteiger partial charge on any atom is 0.407 e. The number of hydrogen-bond acceptors (Lipinski definition) is 2. The van der Waals surface area contributed by atoms with Crippen LogP contribution in [0.4, 0.5) is 9.18 Å². The Morgan fingerprint density at radius 2 is 2.06 bits per heavy atom. The van der Waals surface area contributed by atoms with E-state index < -0.39 is 6.09 Å². The van der Waals surface area contributed by atoms with Crippen molar-refractivity contribution in [3.8, 4) is 0 Å². The van der Waals surface area contributed by atoms with Gasteiger partial charge in [0.1, 0.15) is 5.82 Å². The van der Waals surface area contributed by atoms with Crippen molar-refractivity contribution >= 4 is 6.09 Å². The molecule has 1 saturated heterocycles. The van der Waals surface area contributed by atoms with E-state index in [2.05, 4.69) is 0 Å². The molecule has 1 aliphatic heterocycles. The summed E-state index contributed by atoms with van der Waals surface area (Å²) in [4.78, 5) is 12.2. The van der Waals surface area contributed by atoms with Gasteiger partial charge in [0.15, 0.2) is 0 Å². The van der Waals surface area contributed by atoms with Crippen molar-refractivity contribution < 1.29 is 19.4 Å². The van der Waals surface area contributed by atoms with E-state index in [1.807, 2.05) is 0 Å². The first-order valence-electron chi connectivity index (χ1n) is 5.96. The lowest BCUT2D eigenvalue weighted by Crippen LogP contribution is -2.43. The quantitative estimate of drug-likeness (QED) is 0.846. The third-order valence-corrected chi connectivity index (χ3v) is 3.54. The summed E-state index contributed by atoms with van der Waals surface area (Å²) in [7, 11) is 0. The highest BCUT2D eigenvalue weighted by molar-refractivity contribution is 5.65. The first-order chi connectivity index (χ1) is 8.61. The third kappa shape index (κ3) is 2.61. The standard InChI is InChI=1S/C13H16FNO3/c14-11-3-1-9(2-4-11)12-5-6-15(13(17)18)7-10(12)8-16/h1-4,10,12,16H,5-8H2,(H,17,18)/t10-,12-/m0/s1. The first kappa shape index (κ1) is 12.8.